The zero-order chi connectivity index (χ0) is 18.9. The number of halogens is 1. The summed E-state index contributed by atoms with van der Waals surface area (Å²) in [6.07, 6.45) is 0.663. The topological polar surface area (TPSA) is 32.3 Å². The average molecular weight is 362 g/mol. The number of nitrogens with zero attached hydrogens (tertiary/aromatic N) is 1. The number of nitrogens with one attached hydrogen (secondary N) is 1. The lowest BCUT2D eigenvalue weighted by molar-refractivity contribution is 0.192. The summed E-state index contributed by atoms with van der Waals surface area (Å²) in [6.45, 7) is 1.58. The van der Waals surface area contributed by atoms with Crippen molar-refractivity contribution in [2.75, 3.05) is 6.54 Å². The number of amides is 2. The van der Waals surface area contributed by atoms with Crippen LogP contribution in [0.25, 0.3) is 0 Å². The second kappa shape index (κ2) is 9.53. The molecule has 3 rings (SSSR count). The van der Waals surface area contributed by atoms with E-state index in [1.165, 1.54) is 12.1 Å². The van der Waals surface area contributed by atoms with Crippen LogP contribution in [-0.2, 0) is 19.5 Å². The predicted molar refractivity (Wildman–Crippen MR) is 106 cm³/mol. The number of urea groups is 1. The highest BCUT2D eigenvalue weighted by molar-refractivity contribution is 5.74. The predicted octanol–water partition coefficient (Wildman–Crippen LogP) is 4.78. The zero-order valence-corrected chi connectivity index (χ0v) is 15.1. The smallest absolute Gasteiger partial charge is 0.318 e. The van der Waals surface area contributed by atoms with Gasteiger partial charge in [-0.05, 0) is 35.2 Å². The van der Waals surface area contributed by atoms with E-state index in [2.05, 4.69) is 5.32 Å². The molecule has 0 heterocycles. The lowest BCUT2D eigenvalue weighted by Gasteiger charge is -2.23. The van der Waals surface area contributed by atoms with Gasteiger partial charge >= 0.3 is 6.03 Å². The molecule has 0 spiro atoms. The summed E-state index contributed by atoms with van der Waals surface area (Å²) in [7, 11) is 0. The van der Waals surface area contributed by atoms with Crippen LogP contribution >= 0.6 is 0 Å². The van der Waals surface area contributed by atoms with Gasteiger partial charge in [-0.2, -0.15) is 0 Å². The normalized spacial score (nSPS) is 10.4. The maximum Gasteiger partial charge on any atom is 0.318 e. The van der Waals surface area contributed by atoms with Gasteiger partial charge in [0.25, 0.3) is 0 Å². The third-order valence-corrected chi connectivity index (χ3v) is 4.32. The van der Waals surface area contributed by atoms with Gasteiger partial charge in [-0.3, -0.25) is 0 Å². The van der Waals surface area contributed by atoms with Gasteiger partial charge in [0.1, 0.15) is 5.82 Å². The molecule has 0 bridgehead atoms. The molecular formula is C23H23FN2O. The Kier molecular flexibility index (Phi) is 6.58. The van der Waals surface area contributed by atoms with E-state index in [0.29, 0.717) is 26.1 Å². The maximum atomic E-state index is 13.0. The standard InChI is InChI=1S/C23H23FN2O/c24-22-13-11-19(12-14-22)15-16-25-23(27)26(17-20-7-3-1-4-8-20)18-21-9-5-2-6-10-21/h1-14H,15-18H2,(H,25,27). The fourth-order valence-electron chi connectivity index (χ4n) is 2.88. The van der Waals surface area contributed by atoms with E-state index < -0.39 is 0 Å². The fourth-order valence-corrected chi connectivity index (χ4v) is 2.88. The van der Waals surface area contributed by atoms with Gasteiger partial charge in [-0.1, -0.05) is 72.8 Å². The Morgan fingerprint density at radius 3 is 1.78 bits per heavy atom. The van der Waals surface area contributed by atoms with Gasteiger partial charge in [0.15, 0.2) is 0 Å². The first-order valence-corrected chi connectivity index (χ1v) is 9.06. The lowest BCUT2D eigenvalue weighted by atomic mass is 10.1. The third kappa shape index (κ3) is 5.96. The molecule has 4 heteroatoms. The SMILES string of the molecule is O=C(NCCc1ccc(F)cc1)N(Cc1ccccc1)Cc1ccccc1. The molecule has 3 aromatic rings. The van der Waals surface area contributed by atoms with E-state index in [9.17, 15) is 9.18 Å². The van der Waals surface area contributed by atoms with Crippen LogP contribution < -0.4 is 5.32 Å². The van der Waals surface area contributed by atoms with E-state index in [0.717, 1.165) is 16.7 Å². The second-order valence-corrected chi connectivity index (χ2v) is 6.44. The molecule has 2 amide bonds. The van der Waals surface area contributed by atoms with Gasteiger partial charge in [0.2, 0.25) is 0 Å². The molecule has 0 aliphatic carbocycles. The quantitative estimate of drug-likeness (QED) is 0.644. The number of hydrogen-bond acceptors (Lipinski definition) is 1. The van der Waals surface area contributed by atoms with Crippen LogP contribution in [0.2, 0.25) is 0 Å². The Morgan fingerprint density at radius 2 is 1.26 bits per heavy atom. The second-order valence-electron chi connectivity index (χ2n) is 6.44. The molecule has 3 nitrogen and oxygen atoms in total. The molecule has 27 heavy (non-hydrogen) atoms. The minimum Gasteiger partial charge on any atom is -0.338 e. The van der Waals surface area contributed by atoms with Crippen LogP contribution in [0.15, 0.2) is 84.9 Å². The highest BCUT2D eigenvalue weighted by Gasteiger charge is 2.14. The van der Waals surface area contributed by atoms with Crippen LogP contribution in [0.1, 0.15) is 16.7 Å². The van der Waals surface area contributed by atoms with E-state index >= 15 is 0 Å². The van der Waals surface area contributed by atoms with Crippen molar-refractivity contribution in [3.8, 4) is 0 Å². The number of hydrogen-bond donors (Lipinski definition) is 1. The number of rotatable bonds is 7. The summed E-state index contributed by atoms with van der Waals surface area (Å²) in [5.41, 5.74) is 3.17. The Balaban J connectivity index is 1.61. The molecule has 0 aliphatic heterocycles. The summed E-state index contributed by atoms with van der Waals surface area (Å²) < 4.78 is 13.0. The molecule has 0 aromatic heterocycles. The van der Waals surface area contributed by atoms with Gasteiger partial charge < -0.3 is 10.2 Å². The van der Waals surface area contributed by atoms with Gasteiger partial charge in [-0.25, -0.2) is 9.18 Å². The first-order chi connectivity index (χ1) is 13.2. The minimum absolute atomic E-state index is 0.107. The molecule has 0 aliphatic rings. The van der Waals surface area contributed by atoms with Crippen LogP contribution in [0, 0.1) is 5.82 Å². The van der Waals surface area contributed by atoms with Gasteiger partial charge in [0.05, 0.1) is 0 Å². The molecule has 0 unspecified atom stereocenters. The summed E-state index contributed by atoms with van der Waals surface area (Å²) >= 11 is 0. The first-order valence-electron chi connectivity index (χ1n) is 9.06. The van der Waals surface area contributed by atoms with E-state index in [1.54, 1.807) is 17.0 Å². The Bertz CT molecular complexity index is 794. The molecule has 3 aromatic carbocycles. The third-order valence-electron chi connectivity index (χ3n) is 4.32. The number of carbonyl (C=O) groups is 1. The Hall–Kier alpha value is -3.14. The molecule has 138 valence electrons. The molecule has 0 fully saturated rings. The molecule has 0 saturated heterocycles. The zero-order valence-electron chi connectivity index (χ0n) is 15.1. The summed E-state index contributed by atoms with van der Waals surface area (Å²) in [5.74, 6) is -0.250. The van der Waals surface area contributed by atoms with Crippen molar-refractivity contribution < 1.29 is 9.18 Å². The largest absolute Gasteiger partial charge is 0.338 e. The van der Waals surface area contributed by atoms with Crippen LogP contribution in [-0.4, -0.2) is 17.5 Å². The van der Waals surface area contributed by atoms with Crippen molar-refractivity contribution in [2.45, 2.75) is 19.5 Å². The summed E-state index contributed by atoms with van der Waals surface area (Å²) in [5, 5.41) is 2.98. The van der Waals surface area contributed by atoms with E-state index in [1.807, 2.05) is 60.7 Å². The maximum absolute atomic E-state index is 13.0. The monoisotopic (exact) mass is 362 g/mol. The van der Waals surface area contributed by atoms with Crippen molar-refractivity contribution in [1.82, 2.24) is 10.2 Å². The highest BCUT2D eigenvalue weighted by Crippen LogP contribution is 2.10. The summed E-state index contributed by atoms with van der Waals surface area (Å²) in [6, 6.07) is 26.2. The highest BCUT2D eigenvalue weighted by atomic mass is 19.1. The minimum atomic E-state index is -0.250. The van der Waals surface area contributed by atoms with Crippen LogP contribution in [0.4, 0.5) is 9.18 Å². The number of carbonyl (C=O) groups excluding carboxylic acids is 1. The van der Waals surface area contributed by atoms with Gasteiger partial charge in [0, 0.05) is 19.6 Å². The molecule has 0 radical (unpaired) electrons. The number of benzene rings is 3. The molecule has 0 atom stereocenters. The lowest BCUT2D eigenvalue weighted by Crippen LogP contribution is -2.40. The van der Waals surface area contributed by atoms with Crippen molar-refractivity contribution in [3.63, 3.8) is 0 Å². The van der Waals surface area contributed by atoms with Crippen molar-refractivity contribution >= 4 is 6.03 Å². The first kappa shape index (κ1) is 18.6. The van der Waals surface area contributed by atoms with Crippen molar-refractivity contribution in [3.05, 3.63) is 107 Å². The van der Waals surface area contributed by atoms with Crippen molar-refractivity contribution in [1.29, 1.82) is 0 Å². The molecule has 0 saturated carbocycles. The Labute approximate surface area is 159 Å². The van der Waals surface area contributed by atoms with Crippen LogP contribution in [0.5, 0.6) is 0 Å². The Morgan fingerprint density at radius 1 is 0.741 bits per heavy atom. The van der Waals surface area contributed by atoms with E-state index in [4.69, 9.17) is 0 Å². The summed E-state index contributed by atoms with van der Waals surface area (Å²) in [4.78, 5) is 14.6. The molecular weight excluding hydrogens is 339 g/mol. The van der Waals surface area contributed by atoms with E-state index in [-0.39, 0.29) is 11.8 Å². The van der Waals surface area contributed by atoms with Gasteiger partial charge in [-0.15, -0.1) is 0 Å². The van der Waals surface area contributed by atoms with Crippen molar-refractivity contribution in [2.24, 2.45) is 0 Å². The average Bonchev–Trinajstić information content (AvgIpc) is 2.70. The van der Waals surface area contributed by atoms with Crippen LogP contribution in [0.3, 0.4) is 0 Å². The fraction of sp³-hybridized carbons (Fsp3) is 0.174. The molecule has 1 N–H and O–H groups in total.